The predicted octanol–water partition coefficient (Wildman–Crippen LogP) is 2.00. The van der Waals surface area contributed by atoms with Crippen LogP contribution in [0.5, 0.6) is 0 Å². The third kappa shape index (κ3) is 2.72. The minimum Gasteiger partial charge on any atom is -0.365 e. The van der Waals surface area contributed by atoms with Gasteiger partial charge in [-0.3, -0.25) is 0 Å². The molecule has 3 heteroatoms. The largest absolute Gasteiger partial charge is 0.365 e. The molecule has 0 atom stereocenters. The van der Waals surface area contributed by atoms with Crippen LogP contribution in [0, 0.1) is 12.3 Å². The van der Waals surface area contributed by atoms with Gasteiger partial charge in [-0.25, -0.2) is 0 Å². The summed E-state index contributed by atoms with van der Waals surface area (Å²) in [5.41, 5.74) is -0.748. The molecule has 1 heterocycles. The van der Waals surface area contributed by atoms with Crippen molar-refractivity contribution in [3.8, 4) is 12.3 Å². The van der Waals surface area contributed by atoms with Crippen LogP contribution in [0.3, 0.4) is 0 Å². The van der Waals surface area contributed by atoms with Gasteiger partial charge >= 0.3 is 0 Å². The molecule has 0 aliphatic carbocycles. The number of hydroxylamine groups is 2. The van der Waals surface area contributed by atoms with Crippen molar-refractivity contribution in [2.75, 3.05) is 6.61 Å². The van der Waals surface area contributed by atoms with E-state index in [1.807, 2.05) is 27.7 Å². The van der Waals surface area contributed by atoms with Crippen molar-refractivity contribution in [1.82, 2.24) is 5.06 Å². The fourth-order valence-electron chi connectivity index (χ4n) is 2.46. The molecule has 0 spiro atoms. The first-order valence-corrected chi connectivity index (χ1v) is 5.32. The lowest BCUT2D eigenvalue weighted by atomic mass is 9.80. The number of ether oxygens (including phenoxy) is 1. The van der Waals surface area contributed by atoms with Gasteiger partial charge in [0.2, 0.25) is 0 Å². The molecule has 15 heavy (non-hydrogen) atoms. The maximum Gasteiger partial charge on any atom is 0.107 e. The minimum atomic E-state index is -0.374. The van der Waals surface area contributed by atoms with Crippen LogP contribution in [-0.4, -0.2) is 28.9 Å². The zero-order valence-corrected chi connectivity index (χ0v) is 10.0. The highest BCUT2D eigenvalue weighted by atomic mass is 16.5. The maximum atomic E-state index is 12.0. The molecule has 0 bridgehead atoms. The lowest BCUT2D eigenvalue weighted by Gasteiger charge is -2.49. The summed E-state index contributed by atoms with van der Waals surface area (Å²) in [6, 6.07) is 0. The van der Waals surface area contributed by atoms with Crippen LogP contribution in [0.25, 0.3) is 0 Å². The number of hydrogen-bond donors (Lipinski definition) is 0. The minimum absolute atomic E-state index is 0.0937. The van der Waals surface area contributed by atoms with Gasteiger partial charge in [-0.1, -0.05) is 5.92 Å². The highest BCUT2D eigenvalue weighted by Crippen LogP contribution is 2.38. The fourth-order valence-corrected chi connectivity index (χ4v) is 2.46. The second kappa shape index (κ2) is 4.13. The highest BCUT2D eigenvalue weighted by molar-refractivity contribution is 4.97. The van der Waals surface area contributed by atoms with Gasteiger partial charge in [-0.15, -0.1) is 16.7 Å². The molecule has 0 N–H and O–H groups in total. The van der Waals surface area contributed by atoms with Gasteiger partial charge in [0.05, 0.1) is 6.10 Å². The molecule has 1 radical (unpaired) electrons. The van der Waals surface area contributed by atoms with Gasteiger partial charge in [0.1, 0.15) is 6.61 Å². The van der Waals surface area contributed by atoms with Crippen LogP contribution in [0.2, 0.25) is 0 Å². The Hall–Kier alpha value is -0.560. The van der Waals surface area contributed by atoms with Crippen LogP contribution in [0.15, 0.2) is 0 Å². The first-order valence-electron chi connectivity index (χ1n) is 5.32. The van der Waals surface area contributed by atoms with E-state index in [1.54, 1.807) is 0 Å². The van der Waals surface area contributed by atoms with Crippen LogP contribution in [-0.2, 0) is 9.94 Å². The van der Waals surface area contributed by atoms with Crippen molar-refractivity contribution < 1.29 is 9.94 Å². The summed E-state index contributed by atoms with van der Waals surface area (Å²) in [5.74, 6) is 2.47. The topological polar surface area (TPSA) is 32.4 Å². The Morgan fingerprint density at radius 1 is 1.33 bits per heavy atom. The summed E-state index contributed by atoms with van der Waals surface area (Å²) in [7, 11) is 0. The molecule has 3 nitrogen and oxygen atoms in total. The number of rotatable bonds is 2. The van der Waals surface area contributed by atoms with Crippen LogP contribution in [0.1, 0.15) is 40.5 Å². The average Bonchev–Trinajstić information content (AvgIpc) is 2.10. The Kier molecular flexibility index (Phi) is 3.44. The lowest BCUT2D eigenvalue weighted by Crippen LogP contribution is -2.59. The molecule has 0 aromatic rings. The van der Waals surface area contributed by atoms with Gasteiger partial charge in [-0.05, 0) is 40.5 Å². The maximum absolute atomic E-state index is 12.0. The predicted molar refractivity (Wildman–Crippen MR) is 58.5 cm³/mol. The Labute approximate surface area is 92.4 Å². The highest BCUT2D eigenvalue weighted by Gasteiger charge is 2.46. The van der Waals surface area contributed by atoms with Gasteiger partial charge < -0.3 is 4.74 Å². The molecule has 1 aliphatic heterocycles. The van der Waals surface area contributed by atoms with E-state index < -0.39 is 0 Å². The van der Waals surface area contributed by atoms with E-state index in [9.17, 15) is 5.21 Å². The van der Waals surface area contributed by atoms with Crippen molar-refractivity contribution in [2.45, 2.75) is 57.7 Å². The molecule has 0 unspecified atom stereocenters. The molecule has 85 valence electrons. The van der Waals surface area contributed by atoms with E-state index in [1.165, 1.54) is 5.06 Å². The number of nitrogens with zero attached hydrogens (tertiary/aromatic N) is 1. The number of hydrogen-bond acceptors (Lipinski definition) is 2. The normalized spacial score (nSPS) is 26.1. The summed E-state index contributed by atoms with van der Waals surface area (Å²) in [5, 5.41) is 13.2. The van der Waals surface area contributed by atoms with Crippen molar-refractivity contribution in [2.24, 2.45) is 0 Å². The molecule has 1 saturated heterocycles. The standard InChI is InChI=1S/C12H20NO2/c1-6-7-15-10-8-11(2,3)13(14)12(4,5)9-10/h1,10H,7-9H2,2-5H3. The Bertz CT molecular complexity index is 247. The third-order valence-electron chi connectivity index (χ3n) is 2.96. The zero-order chi connectivity index (χ0) is 11.7. The van der Waals surface area contributed by atoms with E-state index in [-0.39, 0.29) is 17.2 Å². The van der Waals surface area contributed by atoms with E-state index >= 15 is 0 Å². The fraction of sp³-hybridized carbons (Fsp3) is 0.833. The lowest BCUT2D eigenvalue weighted by molar-refractivity contribution is -0.300. The summed E-state index contributed by atoms with van der Waals surface area (Å²) in [6.45, 7) is 8.14. The molecule has 0 amide bonds. The zero-order valence-electron chi connectivity index (χ0n) is 10.0. The summed E-state index contributed by atoms with van der Waals surface area (Å²) < 4.78 is 5.55. The van der Waals surface area contributed by atoms with Crippen molar-refractivity contribution in [3.05, 3.63) is 0 Å². The van der Waals surface area contributed by atoms with Gasteiger partial charge in [0, 0.05) is 11.1 Å². The molecule has 1 fully saturated rings. The van der Waals surface area contributed by atoms with Gasteiger partial charge in [0.25, 0.3) is 0 Å². The van der Waals surface area contributed by atoms with E-state index in [0.717, 1.165) is 12.8 Å². The van der Waals surface area contributed by atoms with Crippen LogP contribution < -0.4 is 0 Å². The first-order chi connectivity index (χ1) is 6.79. The molecular formula is C12H20NO2. The van der Waals surface area contributed by atoms with Crippen LogP contribution in [0.4, 0.5) is 0 Å². The summed E-state index contributed by atoms with van der Waals surface area (Å²) in [6.07, 6.45) is 6.73. The molecule has 1 aliphatic rings. The van der Waals surface area contributed by atoms with Crippen molar-refractivity contribution in [1.29, 1.82) is 0 Å². The molecule has 0 aromatic carbocycles. The van der Waals surface area contributed by atoms with Gasteiger partial charge in [-0.2, -0.15) is 0 Å². The van der Waals surface area contributed by atoms with E-state index in [0.29, 0.717) is 6.61 Å². The Morgan fingerprint density at radius 3 is 2.20 bits per heavy atom. The molecule has 0 aromatic heterocycles. The summed E-state index contributed by atoms with van der Waals surface area (Å²) >= 11 is 0. The quantitative estimate of drug-likeness (QED) is 0.653. The third-order valence-corrected chi connectivity index (χ3v) is 2.96. The molecule has 0 saturated carbocycles. The second-order valence-corrected chi connectivity index (χ2v) is 5.46. The SMILES string of the molecule is C#CCOC1CC(C)(C)N([O])C(C)(C)C1. The monoisotopic (exact) mass is 210 g/mol. The molecular weight excluding hydrogens is 190 g/mol. The second-order valence-electron chi connectivity index (χ2n) is 5.46. The Morgan fingerprint density at radius 2 is 1.80 bits per heavy atom. The molecule has 1 rings (SSSR count). The average molecular weight is 210 g/mol. The van der Waals surface area contributed by atoms with Crippen LogP contribution >= 0.6 is 0 Å². The van der Waals surface area contributed by atoms with Crippen molar-refractivity contribution in [3.63, 3.8) is 0 Å². The summed E-state index contributed by atoms with van der Waals surface area (Å²) in [4.78, 5) is 0. The van der Waals surface area contributed by atoms with Gasteiger partial charge in [0.15, 0.2) is 0 Å². The smallest absolute Gasteiger partial charge is 0.107 e. The Balaban J connectivity index is 2.71. The first kappa shape index (κ1) is 12.5. The van der Waals surface area contributed by atoms with E-state index in [2.05, 4.69) is 5.92 Å². The van der Waals surface area contributed by atoms with Crippen molar-refractivity contribution >= 4 is 0 Å². The number of terminal acetylenes is 1. The van der Waals surface area contributed by atoms with E-state index in [4.69, 9.17) is 11.2 Å². The number of piperidine rings is 1.